The predicted octanol–water partition coefficient (Wildman–Crippen LogP) is 3.13. The van der Waals surface area contributed by atoms with E-state index in [2.05, 4.69) is 5.32 Å². The number of rotatable bonds is 5. The van der Waals surface area contributed by atoms with Crippen molar-refractivity contribution in [3.63, 3.8) is 0 Å². The average molecular weight is 304 g/mol. The number of nitro benzene ring substituents is 1. The van der Waals surface area contributed by atoms with Crippen LogP contribution in [0.4, 0.5) is 15.8 Å². The number of hydrogen-bond donors (Lipinski definition) is 1. The fourth-order valence-electron chi connectivity index (χ4n) is 1.90. The van der Waals surface area contributed by atoms with E-state index in [0.29, 0.717) is 12.2 Å². The summed E-state index contributed by atoms with van der Waals surface area (Å²) in [4.78, 5) is 22.0. The number of anilines is 1. The van der Waals surface area contributed by atoms with Crippen LogP contribution in [-0.4, -0.2) is 17.9 Å². The van der Waals surface area contributed by atoms with Gasteiger partial charge in [0.05, 0.1) is 11.5 Å². The minimum absolute atomic E-state index is 0.148. The Hall–Kier alpha value is -2.80. The van der Waals surface area contributed by atoms with E-state index in [0.717, 1.165) is 17.7 Å². The van der Waals surface area contributed by atoms with Crippen LogP contribution in [0.2, 0.25) is 0 Å². The SMILES string of the molecule is COCc1cccc(C(=O)Nc2ccc(F)c([N+](=O)[O-])c2)c1. The summed E-state index contributed by atoms with van der Waals surface area (Å²) < 4.78 is 18.2. The molecule has 0 heterocycles. The van der Waals surface area contributed by atoms with Gasteiger partial charge in [-0.05, 0) is 29.8 Å². The zero-order valence-electron chi connectivity index (χ0n) is 11.7. The third kappa shape index (κ3) is 3.64. The van der Waals surface area contributed by atoms with E-state index >= 15 is 0 Å². The van der Waals surface area contributed by atoms with Gasteiger partial charge in [-0.1, -0.05) is 12.1 Å². The molecule has 0 aliphatic heterocycles. The summed E-state index contributed by atoms with van der Waals surface area (Å²) in [5.41, 5.74) is 0.656. The first-order valence-electron chi connectivity index (χ1n) is 6.34. The molecule has 2 aromatic rings. The molecule has 0 fully saturated rings. The minimum Gasteiger partial charge on any atom is -0.380 e. The van der Waals surface area contributed by atoms with Crippen molar-refractivity contribution in [1.82, 2.24) is 0 Å². The number of methoxy groups -OCH3 is 1. The highest BCUT2D eigenvalue weighted by Gasteiger charge is 2.15. The largest absolute Gasteiger partial charge is 0.380 e. The van der Waals surface area contributed by atoms with Gasteiger partial charge in [0.2, 0.25) is 5.82 Å². The lowest BCUT2D eigenvalue weighted by atomic mass is 10.1. The van der Waals surface area contributed by atoms with Crippen molar-refractivity contribution >= 4 is 17.3 Å². The van der Waals surface area contributed by atoms with Crippen molar-refractivity contribution in [3.8, 4) is 0 Å². The van der Waals surface area contributed by atoms with E-state index in [1.54, 1.807) is 25.3 Å². The molecule has 1 N–H and O–H groups in total. The molecule has 0 saturated heterocycles. The number of carbonyl (C=O) groups is 1. The maximum absolute atomic E-state index is 13.3. The van der Waals surface area contributed by atoms with Crippen molar-refractivity contribution in [2.24, 2.45) is 0 Å². The summed E-state index contributed by atoms with van der Waals surface area (Å²) in [5.74, 6) is -1.40. The van der Waals surface area contributed by atoms with E-state index < -0.39 is 22.3 Å². The molecule has 7 heteroatoms. The summed E-state index contributed by atoms with van der Waals surface area (Å²) in [6.45, 7) is 0.364. The van der Waals surface area contributed by atoms with Gasteiger partial charge in [0.15, 0.2) is 0 Å². The third-order valence-corrected chi connectivity index (χ3v) is 2.90. The van der Waals surface area contributed by atoms with Crippen LogP contribution in [0, 0.1) is 15.9 Å². The Labute approximate surface area is 125 Å². The second kappa shape index (κ2) is 6.77. The molecular weight excluding hydrogens is 291 g/mol. The summed E-state index contributed by atoms with van der Waals surface area (Å²) in [6.07, 6.45) is 0. The molecule has 0 aromatic heterocycles. The molecule has 0 bridgehead atoms. The monoisotopic (exact) mass is 304 g/mol. The van der Waals surface area contributed by atoms with Gasteiger partial charge in [0, 0.05) is 24.4 Å². The molecule has 22 heavy (non-hydrogen) atoms. The lowest BCUT2D eigenvalue weighted by Crippen LogP contribution is -2.12. The lowest BCUT2D eigenvalue weighted by Gasteiger charge is -2.07. The molecule has 2 rings (SSSR count). The maximum Gasteiger partial charge on any atom is 0.306 e. The Morgan fingerprint density at radius 1 is 1.32 bits per heavy atom. The van der Waals surface area contributed by atoms with Gasteiger partial charge in [-0.3, -0.25) is 14.9 Å². The first-order chi connectivity index (χ1) is 10.5. The van der Waals surface area contributed by atoms with Gasteiger partial charge >= 0.3 is 5.69 Å². The zero-order valence-corrected chi connectivity index (χ0v) is 11.7. The molecule has 0 aliphatic carbocycles. The molecular formula is C15H13FN2O4. The highest BCUT2D eigenvalue weighted by atomic mass is 19.1. The second-order valence-electron chi connectivity index (χ2n) is 4.51. The number of amides is 1. The molecule has 0 atom stereocenters. The minimum atomic E-state index is -0.954. The number of carbonyl (C=O) groups excluding carboxylic acids is 1. The summed E-state index contributed by atoms with van der Waals surface area (Å²) in [7, 11) is 1.55. The van der Waals surface area contributed by atoms with E-state index in [-0.39, 0.29) is 5.69 Å². The number of halogens is 1. The summed E-state index contributed by atoms with van der Waals surface area (Å²) in [6, 6.07) is 9.95. The van der Waals surface area contributed by atoms with Crippen molar-refractivity contribution in [2.45, 2.75) is 6.61 Å². The van der Waals surface area contributed by atoms with Gasteiger partial charge in [-0.2, -0.15) is 4.39 Å². The van der Waals surface area contributed by atoms with Gasteiger partial charge in [-0.25, -0.2) is 0 Å². The number of ether oxygens (including phenoxy) is 1. The molecule has 0 spiro atoms. The Balaban J connectivity index is 2.20. The number of benzene rings is 2. The van der Waals surface area contributed by atoms with Gasteiger partial charge < -0.3 is 10.1 Å². The van der Waals surface area contributed by atoms with Crippen LogP contribution in [0.1, 0.15) is 15.9 Å². The number of nitrogens with one attached hydrogen (secondary N) is 1. The van der Waals surface area contributed by atoms with Gasteiger partial charge in [0.25, 0.3) is 5.91 Å². The number of nitrogens with zero attached hydrogens (tertiary/aromatic N) is 1. The normalized spacial score (nSPS) is 10.3. The van der Waals surface area contributed by atoms with Crippen LogP contribution in [0.25, 0.3) is 0 Å². The molecule has 0 aliphatic rings. The topological polar surface area (TPSA) is 81.5 Å². The van der Waals surface area contributed by atoms with Crippen molar-refractivity contribution in [2.75, 3.05) is 12.4 Å². The molecule has 0 unspecified atom stereocenters. The Morgan fingerprint density at radius 2 is 2.09 bits per heavy atom. The van der Waals surface area contributed by atoms with Crippen LogP contribution < -0.4 is 5.32 Å². The Morgan fingerprint density at radius 3 is 2.77 bits per heavy atom. The highest BCUT2D eigenvalue weighted by molar-refractivity contribution is 6.04. The van der Waals surface area contributed by atoms with E-state index in [1.807, 2.05) is 6.07 Å². The van der Waals surface area contributed by atoms with Crippen molar-refractivity contribution < 1.29 is 18.8 Å². The maximum atomic E-state index is 13.3. The van der Waals surface area contributed by atoms with E-state index in [1.165, 1.54) is 6.07 Å². The van der Waals surface area contributed by atoms with Gasteiger partial charge in [-0.15, -0.1) is 0 Å². The second-order valence-corrected chi connectivity index (χ2v) is 4.51. The zero-order chi connectivity index (χ0) is 16.1. The first-order valence-corrected chi connectivity index (χ1v) is 6.34. The van der Waals surface area contributed by atoms with Crippen LogP contribution in [0.3, 0.4) is 0 Å². The predicted molar refractivity (Wildman–Crippen MR) is 78.2 cm³/mol. The van der Waals surface area contributed by atoms with Crippen LogP contribution in [-0.2, 0) is 11.3 Å². The Bertz CT molecular complexity index is 718. The van der Waals surface area contributed by atoms with Crippen molar-refractivity contribution in [3.05, 3.63) is 69.5 Å². The third-order valence-electron chi connectivity index (χ3n) is 2.90. The summed E-state index contributed by atoms with van der Waals surface area (Å²) in [5, 5.41) is 13.2. The molecule has 114 valence electrons. The quantitative estimate of drug-likeness (QED) is 0.679. The van der Waals surface area contributed by atoms with Crippen LogP contribution in [0.15, 0.2) is 42.5 Å². The molecule has 0 radical (unpaired) electrons. The Kier molecular flexibility index (Phi) is 4.80. The molecule has 0 saturated carbocycles. The standard InChI is InChI=1S/C15H13FN2O4/c1-22-9-10-3-2-4-11(7-10)15(19)17-12-5-6-13(16)14(8-12)18(20)21/h2-8H,9H2,1H3,(H,17,19). The number of hydrogen-bond acceptors (Lipinski definition) is 4. The summed E-state index contributed by atoms with van der Waals surface area (Å²) >= 11 is 0. The highest BCUT2D eigenvalue weighted by Crippen LogP contribution is 2.22. The van der Waals surface area contributed by atoms with Crippen LogP contribution >= 0.6 is 0 Å². The molecule has 6 nitrogen and oxygen atoms in total. The van der Waals surface area contributed by atoms with E-state index in [4.69, 9.17) is 4.74 Å². The molecule has 2 aromatic carbocycles. The average Bonchev–Trinajstić information content (AvgIpc) is 2.49. The van der Waals surface area contributed by atoms with E-state index in [9.17, 15) is 19.3 Å². The lowest BCUT2D eigenvalue weighted by molar-refractivity contribution is -0.387. The number of nitro groups is 1. The molecule has 1 amide bonds. The van der Waals surface area contributed by atoms with Gasteiger partial charge in [0.1, 0.15) is 0 Å². The van der Waals surface area contributed by atoms with Crippen molar-refractivity contribution in [1.29, 1.82) is 0 Å². The van der Waals surface area contributed by atoms with Crippen LogP contribution in [0.5, 0.6) is 0 Å². The first kappa shape index (κ1) is 15.6. The fourth-order valence-corrected chi connectivity index (χ4v) is 1.90. The smallest absolute Gasteiger partial charge is 0.306 e. The fraction of sp³-hybridized carbons (Fsp3) is 0.133.